The molecule has 0 radical (unpaired) electrons. The van der Waals surface area contributed by atoms with Crippen LogP contribution in [0.4, 0.5) is 4.39 Å². The molecule has 1 unspecified atom stereocenters. The zero-order valence-corrected chi connectivity index (χ0v) is 15.3. The maximum atomic E-state index is 13.6. The first kappa shape index (κ1) is 17.9. The van der Waals surface area contributed by atoms with Crippen LogP contribution in [0.1, 0.15) is 37.3 Å². The monoisotopic (exact) mass is 360 g/mol. The summed E-state index contributed by atoms with van der Waals surface area (Å²) in [6.45, 7) is 5.00. The summed E-state index contributed by atoms with van der Waals surface area (Å²) >= 11 is 0. The number of piperazine rings is 1. The quantitative estimate of drug-likeness (QED) is 0.836. The lowest BCUT2D eigenvalue weighted by Gasteiger charge is -2.37. The number of carbonyl (C=O) groups excluding carboxylic acids is 1. The smallest absolute Gasteiger partial charge is 0.234 e. The second-order valence-electron chi connectivity index (χ2n) is 7.85. The molecule has 6 heteroatoms. The van der Waals surface area contributed by atoms with Crippen LogP contribution in [0.5, 0.6) is 0 Å². The number of amides is 1. The molecule has 1 atom stereocenters. The molecule has 1 aromatic carbocycles. The number of piperidine rings is 1. The minimum Gasteiger partial charge on any atom is -0.352 e. The number of halogens is 1. The van der Waals surface area contributed by atoms with Crippen LogP contribution in [-0.4, -0.2) is 67.1 Å². The molecule has 5 nitrogen and oxygen atoms in total. The summed E-state index contributed by atoms with van der Waals surface area (Å²) in [5.74, 6) is -0.127. The zero-order chi connectivity index (χ0) is 17.9. The molecule has 0 aromatic heterocycles. The first-order chi connectivity index (χ1) is 12.7. The summed E-state index contributed by atoms with van der Waals surface area (Å²) < 4.78 is 13.6. The van der Waals surface area contributed by atoms with Gasteiger partial charge in [-0.05, 0) is 43.4 Å². The maximum Gasteiger partial charge on any atom is 0.234 e. The van der Waals surface area contributed by atoms with E-state index in [0.29, 0.717) is 12.6 Å². The first-order valence-corrected chi connectivity index (χ1v) is 9.93. The minimum atomic E-state index is -0.222. The number of hydrogen-bond acceptors (Lipinski definition) is 4. The third-order valence-electron chi connectivity index (χ3n) is 5.89. The van der Waals surface area contributed by atoms with Gasteiger partial charge in [0.15, 0.2) is 0 Å². The summed E-state index contributed by atoms with van der Waals surface area (Å²) in [4.78, 5) is 17.3. The number of benzene rings is 1. The molecule has 26 heavy (non-hydrogen) atoms. The Morgan fingerprint density at radius 1 is 1.19 bits per heavy atom. The van der Waals surface area contributed by atoms with Crippen molar-refractivity contribution in [2.75, 3.05) is 39.3 Å². The molecular weight excluding hydrogens is 331 g/mol. The van der Waals surface area contributed by atoms with Gasteiger partial charge in [-0.15, -0.1) is 0 Å². The molecule has 2 saturated heterocycles. The van der Waals surface area contributed by atoms with E-state index in [1.165, 1.54) is 18.9 Å². The molecule has 1 saturated carbocycles. The van der Waals surface area contributed by atoms with Crippen molar-refractivity contribution in [2.45, 2.75) is 43.8 Å². The zero-order valence-electron chi connectivity index (χ0n) is 15.3. The molecule has 3 fully saturated rings. The average Bonchev–Trinajstić information content (AvgIpc) is 3.48. The molecule has 4 rings (SSSR count). The molecule has 2 heterocycles. The van der Waals surface area contributed by atoms with E-state index in [9.17, 15) is 9.18 Å². The predicted molar refractivity (Wildman–Crippen MR) is 99.3 cm³/mol. The van der Waals surface area contributed by atoms with E-state index in [1.54, 1.807) is 12.1 Å². The standard InChI is InChI=1S/C20H29FN4O/c21-16-3-1-2-15(12-16)19-13-22-8-11-25(19)14-20(26)23-17-6-9-24(10-7-17)18-4-5-18/h1-3,12,17-19,22H,4-11,13-14H2,(H,23,26). The normalized spacial score (nSPS) is 26.0. The van der Waals surface area contributed by atoms with E-state index in [1.807, 2.05) is 6.07 Å². The molecule has 0 bridgehead atoms. The summed E-state index contributed by atoms with van der Waals surface area (Å²) in [7, 11) is 0. The second-order valence-corrected chi connectivity index (χ2v) is 7.85. The fourth-order valence-corrected chi connectivity index (χ4v) is 4.28. The fraction of sp³-hybridized carbons (Fsp3) is 0.650. The van der Waals surface area contributed by atoms with E-state index >= 15 is 0 Å². The van der Waals surface area contributed by atoms with Gasteiger partial charge in [-0.1, -0.05) is 12.1 Å². The molecule has 142 valence electrons. The first-order valence-electron chi connectivity index (χ1n) is 9.93. The Kier molecular flexibility index (Phi) is 5.52. The molecule has 1 aromatic rings. The number of rotatable bonds is 5. The number of nitrogens with one attached hydrogen (secondary N) is 2. The molecule has 1 aliphatic carbocycles. The minimum absolute atomic E-state index is 0.0434. The lowest BCUT2D eigenvalue weighted by Crippen LogP contribution is -2.52. The van der Waals surface area contributed by atoms with E-state index < -0.39 is 0 Å². The highest BCUT2D eigenvalue weighted by atomic mass is 19.1. The molecule has 2 N–H and O–H groups in total. The van der Waals surface area contributed by atoms with E-state index in [2.05, 4.69) is 20.4 Å². The number of nitrogens with zero attached hydrogens (tertiary/aromatic N) is 2. The van der Waals surface area contributed by atoms with Crippen LogP contribution in [0.15, 0.2) is 24.3 Å². The van der Waals surface area contributed by atoms with Gasteiger partial charge < -0.3 is 15.5 Å². The van der Waals surface area contributed by atoms with Gasteiger partial charge in [0, 0.05) is 50.8 Å². The van der Waals surface area contributed by atoms with Crippen LogP contribution in [0.3, 0.4) is 0 Å². The Hall–Kier alpha value is -1.50. The lowest BCUT2D eigenvalue weighted by atomic mass is 10.0. The van der Waals surface area contributed by atoms with Crippen molar-refractivity contribution >= 4 is 5.91 Å². The van der Waals surface area contributed by atoms with Gasteiger partial charge in [0.2, 0.25) is 5.91 Å². The highest BCUT2D eigenvalue weighted by Gasteiger charge is 2.32. The van der Waals surface area contributed by atoms with E-state index in [4.69, 9.17) is 0 Å². The van der Waals surface area contributed by atoms with Crippen LogP contribution in [-0.2, 0) is 4.79 Å². The summed E-state index contributed by atoms with van der Waals surface area (Å²) in [5.41, 5.74) is 0.933. The van der Waals surface area contributed by atoms with Gasteiger partial charge >= 0.3 is 0 Å². The summed E-state index contributed by atoms with van der Waals surface area (Å²) in [6, 6.07) is 7.89. The van der Waals surface area contributed by atoms with Crippen LogP contribution in [0, 0.1) is 5.82 Å². The number of carbonyl (C=O) groups is 1. The summed E-state index contributed by atoms with van der Waals surface area (Å²) in [5, 5.41) is 6.59. The van der Waals surface area contributed by atoms with Crippen molar-refractivity contribution in [3.8, 4) is 0 Å². The largest absolute Gasteiger partial charge is 0.352 e. The van der Waals surface area contributed by atoms with E-state index in [0.717, 1.165) is 57.2 Å². The third-order valence-corrected chi connectivity index (χ3v) is 5.89. The van der Waals surface area contributed by atoms with Crippen molar-refractivity contribution in [3.05, 3.63) is 35.6 Å². The molecule has 3 aliphatic rings. The van der Waals surface area contributed by atoms with Gasteiger partial charge in [-0.25, -0.2) is 4.39 Å². The van der Waals surface area contributed by atoms with Crippen molar-refractivity contribution in [2.24, 2.45) is 0 Å². The highest BCUT2D eigenvalue weighted by Crippen LogP contribution is 2.29. The van der Waals surface area contributed by atoms with Crippen LogP contribution in [0.2, 0.25) is 0 Å². The Bertz CT molecular complexity index is 628. The van der Waals surface area contributed by atoms with E-state index in [-0.39, 0.29) is 17.8 Å². The van der Waals surface area contributed by atoms with Crippen molar-refractivity contribution in [3.63, 3.8) is 0 Å². The van der Waals surface area contributed by atoms with Gasteiger partial charge in [-0.2, -0.15) is 0 Å². The highest BCUT2D eigenvalue weighted by molar-refractivity contribution is 5.78. The second kappa shape index (κ2) is 8.03. The van der Waals surface area contributed by atoms with Crippen molar-refractivity contribution in [1.82, 2.24) is 20.4 Å². The predicted octanol–water partition coefficient (Wildman–Crippen LogP) is 1.52. The summed E-state index contributed by atoms with van der Waals surface area (Å²) in [6.07, 6.45) is 4.80. The molecule has 0 spiro atoms. The van der Waals surface area contributed by atoms with Gasteiger partial charge in [0.25, 0.3) is 0 Å². The van der Waals surface area contributed by atoms with Crippen LogP contribution < -0.4 is 10.6 Å². The number of hydrogen-bond donors (Lipinski definition) is 2. The number of likely N-dealkylation sites (tertiary alicyclic amines) is 1. The Labute approximate surface area is 154 Å². The van der Waals surface area contributed by atoms with Gasteiger partial charge in [-0.3, -0.25) is 9.69 Å². The van der Waals surface area contributed by atoms with Crippen LogP contribution >= 0.6 is 0 Å². The SMILES string of the molecule is O=C(CN1CCNCC1c1cccc(F)c1)NC1CCN(C2CC2)CC1. The Morgan fingerprint density at radius 2 is 2.00 bits per heavy atom. The van der Waals surface area contributed by atoms with Crippen molar-refractivity contribution < 1.29 is 9.18 Å². The topological polar surface area (TPSA) is 47.6 Å². The fourth-order valence-electron chi connectivity index (χ4n) is 4.28. The van der Waals surface area contributed by atoms with Crippen molar-refractivity contribution in [1.29, 1.82) is 0 Å². The van der Waals surface area contributed by atoms with Gasteiger partial charge in [0.05, 0.1) is 6.54 Å². The molecule has 2 aliphatic heterocycles. The molecule has 1 amide bonds. The lowest BCUT2D eigenvalue weighted by molar-refractivity contribution is -0.124. The van der Waals surface area contributed by atoms with Crippen LogP contribution in [0.25, 0.3) is 0 Å². The van der Waals surface area contributed by atoms with Gasteiger partial charge in [0.1, 0.15) is 5.82 Å². The third kappa shape index (κ3) is 4.42. The Morgan fingerprint density at radius 3 is 2.73 bits per heavy atom. The molecular formula is C20H29FN4O. The maximum absolute atomic E-state index is 13.6. The average molecular weight is 360 g/mol. The Balaban J connectivity index is 1.30.